The molecule has 0 radical (unpaired) electrons. The molecule has 0 aliphatic heterocycles. The van der Waals surface area contributed by atoms with Gasteiger partial charge in [-0.3, -0.25) is 0 Å². The van der Waals surface area contributed by atoms with Crippen LogP contribution in [-0.2, 0) is 6.54 Å². The molecule has 1 aromatic carbocycles. The summed E-state index contributed by atoms with van der Waals surface area (Å²) in [6.45, 7) is 3.33. The number of ether oxygens (including phenoxy) is 1. The minimum Gasteiger partial charge on any atom is -0.492 e. The summed E-state index contributed by atoms with van der Waals surface area (Å²) in [6.07, 6.45) is 0.782. The standard InChI is InChI=1S/C13H17NO/c1-3-4-7-10-15-13-9-6-5-8-12(13)11-14-2/h5-6,8-9,14H,7,10-11H2,1-2H3. The average molecular weight is 203 g/mol. The third kappa shape index (κ3) is 4.05. The summed E-state index contributed by atoms with van der Waals surface area (Å²) in [6, 6.07) is 8.06. The van der Waals surface area contributed by atoms with E-state index >= 15 is 0 Å². The highest BCUT2D eigenvalue weighted by atomic mass is 16.5. The highest BCUT2D eigenvalue weighted by Crippen LogP contribution is 2.17. The zero-order valence-electron chi connectivity index (χ0n) is 9.34. The lowest BCUT2D eigenvalue weighted by Crippen LogP contribution is -2.07. The molecular weight excluding hydrogens is 186 g/mol. The van der Waals surface area contributed by atoms with Crippen LogP contribution in [0.25, 0.3) is 0 Å². The smallest absolute Gasteiger partial charge is 0.123 e. The first kappa shape index (κ1) is 11.6. The largest absolute Gasteiger partial charge is 0.492 e. The molecule has 0 bridgehead atoms. The fraction of sp³-hybridized carbons (Fsp3) is 0.385. The maximum Gasteiger partial charge on any atom is 0.123 e. The molecule has 0 saturated carbocycles. The second kappa shape index (κ2) is 6.92. The molecule has 0 spiro atoms. The van der Waals surface area contributed by atoms with Gasteiger partial charge in [0.2, 0.25) is 0 Å². The molecule has 0 aromatic heterocycles. The number of rotatable bonds is 5. The Morgan fingerprint density at radius 1 is 1.33 bits per heavy atom. The van der Waals surface area contributed by atoms with Crippen LogP contribution in [0.5, 0.6) is 5.75 Å². The van der Waals surface area contributed by atoms with Crippen molar-refractivity contribution in [3.05, 3.63) is 29.8 Å². The van der Waals surface area contributed by atoms with E-state index in [1.54, 1.807) is 0 Å². The van der Waals surface area contributed by atoms with Gasteiger partial charge in [-0.1, -0.05) is 18.2 Å². The molecule has 0 aliphatic carbocycles. The van der Waals surface area contributed by atoms with Gasteiger partial charge in [0.1, 0.15) is 5.75 Å². The fourth-order valence-corrected chi connectivity index (χ4v) is 1.32. The summed E-state index contributed by atoms with van der Waals surface area (Å²) in [5.41, 5.74) is 1.18. The Balaban J connectivity index is 2.53. The molecule has 0 atom stereocenters. The van der Waals surface area contributed by atoms with Crippen LogP contribution in [-0.4, -0.2) is 13.7 Å². The summed E-state index contributed by atoms with van der Waals surface area (Å²) in [4.78, 5) is 0. The lowest BCUT2D eigenvalue weighted by molar-refractivity contribution is 0.323. The van der Waals surface area contributed by atoms with Gasteiger partial charge in [0, 0.05) is 18.5 Å². The Morgan fingerprint density at radius 3 is 2.87 bits per heavy atom. The van der Waals surface area contributed by atoms with E-state index in [2.05, 4.69) is 23.2 Å². The van der Waals surface area contributed by atoms with Crippen molar-refractivity contribution in [3.8, 4) is 17.6 Å². The van der Waals surface area contributed by atoms with E-state index in [-0.39, 0.29) is 0 Å². The van der Waals surface area contributed by atoms with Gasteiger partial charge >= 0.3 is 0 Å². The molecule has 2 nitrogen and oxygen atoms in total. The van der Waals surface area contributed by atoms with E-state index in [4.69, 9.17) is 4.74 Å². The number of para-hydroxylation sites is 1. The van der Waals surface area contributed by atoms with Gasteiger partial charge in [0.25, 0.3) is 0 Å². The van der Waals surface area contributed by atoms with E-state index in [1.165, 1.54) is 5.56 Å². The molecule has 0 amide bonds. The van der Waals surface area contributed by atoms with Crippen molar-refractivity contribution in [2.75, 3.05) is 13.7 Å². The molecule has 1 rings (SSSR count). The van der Waals surface area contributed by atoms with Gasteiger partial charge in [0.15, 0.2) is 0 Å². The first-order valence-corrected chi connectivity index (χ1v) is 5.13. The molecule has 1 N–H and O–H groups in total. The van der Waals surface area contributed by atoms with E-state index in [0.29, 0.717) is 6.61 Å². The van der Waals surface area contributed by atoms with Crippen molar-refractivity contribution >= 4 is 0 Å². The van der Waals surface area contributed by atoms with Gasteiger partial charge in [0.05, 0.1) is 6.61 Å². The van der Waals surface area contributed by atoms with E-state index in [1.807, 2.05) is 32.2 Å². The highest BCUT2D eigenvalue weighted by Gasteiger charge is 2.00. The molecule has 0 aliphatic rings. The van der Waals surface area contributed by atoms with Crippen LogP contribution in [0.1, 0.15) is 18.9 Å². The lowest BCUT2D eigenvalue weighted by Gasteiger charge is -2.09. The lowest BCUT2D eigenvalue weighted by atomic mass is 10.2. The molecule has 0 fully saturated rings. The Labute approximate surface area is 91.6 Å². The minimum atomic E-state index is 0.654. The Morgan fingerprint density at radius 2 is 2.13 bits per heavy atom. The van der Waals surface area contributed by atoms with Crippen LogP contribution in [0.4, 0.5) is 0 Å². The molecule has 0 unspecified atom stereocenters. The normalized spacial score (nSPS) is 9.20. The number of hydrogen-bond donors (Lipinski definition) is 1. The Kier molecular flexibility index (Phi) is 5.35. The van der Waals surface area contributed by atoms with Gasteiger partial charge in [-0.25, -0.2) is 0 Å². The predicted octanol–water partition coefficient (Wildman–Crippen LogP) is 2.20. The van der Waals surface area contributed by atoms with Crippen molar-refractivity contribution in [2.24, 2.45) is 0 Å². The highest BCUT2D eigenvalue weighted by molar-refractivity contribution is 5.33. The topological polar surface area (TPSA) is 21.3 Å². The number of hydrogen-bond acceptors (Lipinski definition) is 2. The first-order valence-electron chi connectivity index (χ1n) is 5.13. The van der Waals surface area contributed by atoms with Gasteiger partial charge in [-0.15, -0.1) is 11.8 Å². The van der Waals surface area contributed by atoms with Gasteiger partial charge in [-0.2, -0.15) is 0 Å². The molecule has 0 saturated heterocycles. The van der Waals surface area contributed by atoms with Crippen LogP contribution in [0.2, 0.25) is 0 Å². The SMILES string of the molecule is CC#CCCOc1ccccc1CNC. The summed E-state index contributed by atoms with van der Waals surface area (Å²) in [5.74, 6) is 6.78. The maximum absolute atomic E-state index is 5.65. The van der Waals surface area contributed by atoms with Crippen LogP contribution >= 0.6 is 0 Å². The number of benzene rings is 1. The van der Waals surface area contributed by atoms with Crippen molar-refractivity contribution in [2.45, 2.75) is 19.9 Å². The molecular formula is C13H17NO. The first-order chi connectivity index (χ1) is 7.38. The molecule has 15 heavy (non-hydrogen) atoms. The van der Waals surface area contributed by atoms with E-state index in [9.17, 15) is 0 Å². The molecule has 80 valence electrons. The van der Waals surface area contributed by atoms with Crippen molar-refractivity contribution in [3.63, 3.8) is 0 Å². The average Bonchev–Trinajstić information content (AvgIpc) is 2.27. The third-order valence-electron chi connectivity index (χ3n) is 2.00. The molecule has 1 aromatic rings. The van der Waals surface area contributed by atoms with Crippen molar-refractivity contribution in [1.82, 2.24) is 5.32 Å². The summed E-state index contributed by atoms with van der Waals surface area (Å²) in [7, 11) is 1.93. The van der Waals surface area contributed by atoms with Crippen molar-refractivity contribution in [1.29, 1.82) is 0 Å². The predicted molar refractivity (Wildman–Crippen MR) is 62.8 cm³/mol. The van der Waals surface area contributed by atoms with E-state index < -0.39 is 0 Å². The van der Waals surface area contributed by atoms with Crippen LogP contribution in [0.3, 0.4) is 0 Å². The molecule has 2 heteroatoms. The second-order valence-corrected chi connectivity index (χ2v) is 3.16. The van der Waals surface area contributed by atoms with Gasteiger partial charge in [-0.05, 0) is 20.0 Å². The van der Waals surface area contributed by atoms with Crippen LogP contribution in [0, 0.1) is 11.8 Å². The fourth-order valence-electron chi connectivity index (χ4n) is 1.32. The zero-order valence-corrected chi connectivity index (χ0v) is 9.34. The maximum atomic E-state index is 5.65. The zero-order chi connectivity index (χ0) is 10.9. The Bertz CT molecular complexity index is 349. The van der Waals surface area contributed by atoms with E-state index in [0.717, 1.165) is 18.7 Å². The summed E-state index contributed by atoms with van der Waals surface area (Å²) < 4.78 is 5.65. The monoisotopic (exact) mass is 203 g/mol. The van der Waals surface area contributed by atoms with Crippen LogP contribution in [0.15, 0.2) is 24.3 Å². The summed E-state index contributed by atoms with van der Waals surface area (Å²) in [5, 5.41) is 3.12. The molecule has 0 heterocycles. The quantitative estimate of drug-likeness (QED) is 0.585. The second-order valence-electron chi connectivity index (χ2n) is 3.16. The van der Waals surface area contributed by atoms with Crippen LogP contribution < -0.4 is 10.1 Å². The third-order valence-corrected chi connectivity index (χ3v) is 2.00. The summed E-state index contributed by atoms with van der Waals surface area (Å²) >= 11 is 0. The minimum absolute atomic E-state index is 0.654. The Hall–Kier alpha value is -1.46. The van der Waals surface area contributed by atoms with Gasteiger partial charge < -0.3 is 10.1 Å². The van der Waals surface area contributed by atoms with Crippen molar-refractivity contribution < 1.29 is 4.74 Å². The number of nitrogens with one attached hydrogen (secondary N) is 1.